The zero-order valence-corrected chi connectivity index (χ0v) is 15.4. The number of hydrogen-bond acceptors (Lipinski definition) is 6. The van der Waals surface area contributed by atoms with Gasteiger partial charge < -0.3 is 14.3 Å². The molecule has 1 N–H and O–H groups in total. The number of furan rings is 1. The molecule has 3 heterocycles. The lowest BCUT2D eigenvalue weighted by Gasteiger charge is -2.18. The monoisotopic (exact) mass is 368 g/mol. The zero-order chi connectivity index (χ0) is 19.2. The van der Waals surface area contributed by atoms with E-state index in [4.69, 9.17) is 8.94 Å². The zero-order valence-electron chi connectivity index (χ0n) is 15.4. The Bertz CT molecular complexity index is 989. The summed E-state index contributed by atoms with van der Waals surface area (Å²) >= 11 is 0. The number of aromatic nitrogens is 2. The van der Waals surface area contributed by atoms with E-state index in [1.54, 1.807) is 13.0 Å². The number of amides is 3. The molecule has 0 radical (unpaired) electrons. The molecule has 8 nitrogen and oxygen atoms in total. The molecule has 2 aromatic heterocycles. The molecule has 1 saturated heterocycles. The van der Waals surface area contributed by atoms with Gasteiger partial charge in [-0.1, -0.05) is 37.2 Å². The van der Waals surface area contributed by atoms with Crippen LogP contribution in [0.15, 0.2) is 39.3 Å². The van der Waals surface area contributed by atoms with Crippen LogP contribution in [-0.2, 0) is 23.3 Å². The predicted octanol–water partition coefficient (Wildman–Crippen LogP) is 2.98. The van der Waals surface area contributed by atoms with Crippen LogP contribution in [0.3, 0.4) is 0 Å². The summed E-state index contributed by atoms with van der Waals surface area (Å²) in [7, 11) is 0. The van der Waals surface area contributed by atoms with Crippen molar-refractivity contribution in [3.8, 4) is 0 Å². The topological polar surface area (TPSA) is 101 Å². The van der Waals surface area contributed by atoms with Crippen molar-refractivity contribution in [3.63, 3.8) is 0 Å². The summed E-state index contributed by atoms with van der Waals surface area (Å²) < 4.78 is 11.0. The van der Waals surface area contributed by atoms with Crippen molar-refractivity contribution in [3.05, 3.63) is 47.8 Å². The maximum Gasteiger partial charge on any atom is 0.325 e. The van der Waals surface area contributed by atoms with Crippen molar-refractivity contribution in [2.45, 2.75) is 39.3 Å². The van der Waals surface area contributed by atoms with E-state index in [2.05, 4.69) is 15.5 Å². The van der Waals surface area contributed by atoms with Gasteiger partial charge in [0.2, 0.25) is 5.89 Å². The van der Waals surface area contributed by atoms with E-state index in [9.17, 15) is 9.59 Å². The molecular formula is C19H20N4O4. The molecule has 0 saturated carbocycles. The largest absolute Gasteiger partial charge is 0.458 e. The highest BCUT2D eigenvalue weighted by Gasteiger charge is 2.51. The van der Waals surface area contributed by atoms with Crippen molar-refractivity contribution in [2.24, 2.45) is 5.92 Å². The summed E-state index contributed by atoms with van der Waals surface area (Å²) in [6.45, 7) is 5.65. The maximum absolute atomic E-state index is 13.0. The summed E-state index contributed by atoms with van der Waals surface area (Å²) in [5, 5.41) is 7.48. The Hall–Kier alpha value is -3.16. The van der Waals surface area contributed by atoms with Crippen LogP contribution in [-0.4, -0.2) is 27.0 Å². The van der Waals surface area contributed by atoms with E-state index in [0.717, 1.165) is 10.3 Å². The van der Waals surface area contributed by atoms with Crippen LogP contribution >= 0.6 is 0 Å². The summed E-state index contributed by atoms with van der Waals surface area (Å²) in [6.07, 6.45) is 0.667. The van der Waals surface area contributed by atoms with Gasteiger partial charge in [-0.3, -0.25) is 9.69 Å². The SMILES string of the molecule is CC(C)Cc1noc(CN2C(=O)NC(C)(c3cc4ccccc4o3)C2=O)n1. The van der Waals surface area contributed by atoms with Crippen molar-refractivity contribution >= 4 is 22.9 Å². The molecular weight excluding hydrogens is 348 g/mol. The van der Waals surface area contributed by atoms with Crippen molar-refractivity contribution < 1.29 is 18.5 Å². The minimum Gasteiger partial charge on any atom is -0.458 e. The Labute approximate surface area is 155 Å². The quantitative estimate of drug-likeness (QED) is 0.695. The van der Waals surface area contributed by atoms with Gasteiger partial charge in [0.05, 0.1) is 0 Å². The number of para-hydroxylation sites is 1. The van der Waals surface area contributed by atoms with Gasteiger partial charge in [0.15, 0.2) is 11.4 Å². The summed E-state index contributed by atoms with van der Waals surface area (Å²) in [5.74, 6) is 1.13. The molecule has 1 aromatic carbocycles. The maximum atomic E-state index is 13.0. The van der Waals surface area contributed by atoms with Gasteiger partial charge in [-0.05, 0) is 25.0 Å². The van der Waals surface area contributed by atoms with Crippen LogP contribution in [0.4, 0.5) is 4.79 Å². The third-order valence-electron chi connectivity index (χ3n) is 4.59. The number of carbonyl (C=O) groups excluding carboxylic acids is 2. The Morgan fingerprint density at radius 3 is 2.78 bits per heavy atom. The Kier molecular flexibility index (Phi) is 3.98. The molecule has 0 bridgehead atoms. The van der Waals surface area contributed by atoms with E-state index in [1.807, 2.05) is 38.1 Å². The Morgan fingerprint density at radius 2 is 2.04 bits per heavy atom. The fourth-order valence-corrected chi connectivity index (χ4v) is 3.17. The highest BCUT2D eigenvalue weighted by molar-refractivity contribution is 6.07. The first-order chi connectivity index (χ1) is 12.9. The number of nitrogens with zero attached hydrogens (tertiary/aromatic N) is 3. The number of urea groups is 1. The second-order valence-electron chi connectivity index (χ2n) is 7.30. The van der Waals surface area contributed by atoms with E-state index in [0.29, 0.717) is 29.5 Å². The standard InChI is InChI=1S/C19H20N4O4/c1-11(2)8-15-20-16(27-22-15)10-23-17(24)19(3,21-18(23)25)14-9-12-6-4-5-7-13(12)26-14/h4-7,9,11H,8,10H2,1-3H3,(H,21,25). The van der Waals surface area contributed by atoms with Crippen LogP contribution in [0.25, 0.3) is 11.0 Å². The third-order valence-corrected chi connectivity index (χ3v) is 4.59. The molecule has 1 unspecified atom stereocenters. The first kappa shape index (κ1) is 17.3. The molecule has 3 amide bonds. The van der Waals surface area contributed by atoms with Gasteiger partial charge in [0.25, 0.3) is 5.91 Å². The van der Waals surface area contributed by atoms with Crippen molar-refractivity contribution in [1.29, 1.82) is 0 Å². The number of nitrogens with one attached hydrogen (secondary N) is 1. The predicted molar refractivity (Wildman–Crippen MR) is 95.5 cm³/mol. The first-order valence-electron chi connectivity index (χ1n) is 8.81. The summed E-state index contributed by atoms with van der Waals surface area (Å²) in [4.78, 5) is 30.8. The van der Waals surface area contributed by atoms with Crippen molar-refractivity contribution in [1.82, 2.24) is 20.4 Å². The molecule has 3 aromatic rings. The van der Waals surface area contributed by atoms with Crippen LogP contribution in [0.1, 0.15) is 38.2 Å². The van der Waals surface area contributed by atoms with Gasteiger partial charge in [-0.25, -0.2) is 4.79 Å². The fraction of sp³-hybridized carbons (Fsp3) is 0.368. The number of carbonyl (C=O) groups is 2. The highest BCUT2D eigenvalue weighted by atomic mass is 16.5. The van der Waals surface area contributed by atoms with Crippen molar-refractivity contribution in [2.75, 3.05) is 0 Å². The molecule has 1 aliphatic heterocycles. The summed E-state index contributed by atoms with van der Waals surface area (Å²) in [5.41, 5.74) is -0.624. The average Bonchev–Trinajstić information content (AvgIpc) is 3.29. The minimum absolute atomic E-state index is 0.0778. The number of benzene rings is 1. The summed E-state index contributed by atoms with van der Waals surface area (Å²) in [6, 6.07) is 8.69. The lowest BCUT2D eigenvalue weighted by atomic mass is 9.99. The molecule has 8 heteroatoms. The lowest BCUT2D eigenvalue weighted by molar-refractivity contribution is -0.132. The molecule has 0 spiro atoms. The van der Waals surface area contributed by atoms with Gasteiger partial charge in [0, 0.05) is 11.8 Å². The normalized spacial score (nSPS) is 20.1. The van der Waals surface area contributed by atoms with E-state index >= 15 is 0 Å². The first-order valence-corrected chi connectivity index (χ1v) is 8.81. The molecule has 1 fully saturated rings. The smallest absolute Gasteiger partial charge is 0.325 e. The number of fused-ring (bicyclic) bond motifs is 1. The second-order valence-corrected chi connectivity index (χ2v) is 7.30. The van der Waals surface area contributed by atoms with E-state index in [1.165, 1.54) is 0 Å². The average molecular weight is 368 g/mol. The lowest BCUT2D eigenvalue weighted by Crippen LogP contribution is -2.40. The highest BCUT2D eigenvalue weighted by Crippen LogP contribution is 2.33. The van der Waals surface area contributed by atoms with E-state index < -0.39 is 17.5 Å². The van der Waals surface area contributed by atoms with Gasteiger partial charge in [-0.15, -0.1) is 0 Å². The molecule has 0 aliphatic carbocycles. The van der Waals surface area contributed by atoms with Gasteiger partial charge in [-0.2, -0.15) is 4.98 Å². The molecule has 140 valence electrons. The van der Waals surface area contributed by atoms with Crippen LogP contribution < -0.4 is 5.32 Å². The van der Waals surface area contributed by atoms with Crippen LogP contribution in [0.2, 0.25) is 0 Å². The third kappa shape index (κ3) is 2.97. The number of hydrogen-bond donors (Lipinski definition) is 1. The molecule has 1 atom stereocenters. The fourth-order valence-electron chi connectivity index (χ4n) is 3.17. The minimum atomic E-state index is -1.28. The van der Waals surface area contributed by atoms with Gasteiger partial charge in [0.1, 0.15) is 17.9 Å². The molecule has 27 heavy (non-hydrogen) atoms. The number of rotatable bonds is 5. The Morgan fingerprint density at radius 1 is 1.26 bits per heavy atom. The Balaban J connectivity index is 1.58. The second kappa shape index (κ2) is 6.22. The van der Waals surface area contributed by atoms with Crippen LogP contribution in [0.5, 0.6) is 0 Å². The van der Waals surface area contributed by atoms with E-state index in [-0.39, 0.29) is 12.4 Å². The van der Waals surface area contributed by atoms with Gasteiger partial charge >= 0.3 is 6.03 Å². The number of imide groups is 1. The molecule has 4 rings (SSSR count). The van der Waals surface area contributed by atoms with Crippen LogP contribution in [0, 0.1) is 5.92 Å². The molecule has 1 aliphatic rings.